The molecule has 2 rings (SSSR count). The van der Waals surface area contributed by atoms with E-state index in [1.165, 1.54) is 6.92 Å². The molecule has 96 valence electrons. The molecule has 4 nitrogen and oxygen atoms in total. The van der Waals surface area contributed by atoms with Crippen molar-refractivity contribution in [3.63, 3.8) is 0 Å². The van der Waals surface area contributed by atoms with Crippen LogP contribution >= 0.6 is 0 Å². The molecule has 0 aliphatic carbocycles. The summed E-state index contributed by atoms with van der Waals surface area (Å²) in [5.74, 6) is -5.69. The van der Waals surface area contributed by atoms with Gasteiger partial charge in [-0.25, -0.2) is 17.6 Å². The highest BCUT2D eigenvalue weighted by atomic mass is 19.2. The fourth-order valence-electron chi connectivity index (χ4n) is 1.30. The first-order valence-corrected chi connectivity index (χ1v) is 4.85. The van der Waals surface area contributed by atoms with Gasteiger partial charge in [-0.05, 0) is 0 Å². The fraction of sp³-hybridized carbons (Fsp3) is 0.200. The van der Waals surface area contributed by atoms with Gasteiger partial charge in [0.15, 0.2) is 23.3 Å². The highest BCUT2D eigenvalue weighted by molar-refractivity contribution is 5.47. The van der Waals surface area contributed by atoms with Crippen molar-refractivity contribution in [2.24, 2.45) is 0 Å². The van der Waals surface area contributed by atoms with Gasteiger partial charge in [0.05, 0.1) is 6.54 Å². The van der Waals surface area contributed by atoms with Gasteiger partial charge in [-0.15, -0.1) is 10.2 Å². The van der Waals surface area contributed by atoms with Crippen LogP contribution in [0.2, 0.25) is 0 Å². The lowest BCUT2D eigenvalue weighted by Gasteiger charge is -2.07. The molecule has 18 heavy (non-hydrogen) atoms. The van der Waals surface area contributed by atoms with E-state index in [4.69, 9.17) is 4.42 Å². The predicted octanol–water partition coefficient (Wildman–Crippen LogP) is 2.55. The number of hydrogen-bond donors (Lipinski definition) is 1. The topological polar surface area (TPSA) is 51.0 Å². The Bertz CT molecular complexity index is 558. The van der Waals surface area contributed by atoms with Gasteiger partial charge in [0.25, 0.3) is 0 Å². The van der Waals surface area contributed by atoms with Crippen LogP contribution in [0.15, 0.2) is 10.5 Å². The number of anilines is 1. The minimum Gasteiger partial charge on any atom is -0.424 e. The lowest BCUT2D eigenvalue weighted by atomic mass is 10.2. The van der Waals surface area contributed by atoms with E-state index in [1.807, 2.05) is 0 Å². The van der Waals surface area contributed by atoms with Gasteiger partial charge in [-0.1, -0.05) is 0 Å². The fourth-order valence-corrected chi connectivity index (χ4v) is 1.30. The van der Waals surface area contributed by atoms with E-state index in [0.717, 1.165) is 0 Å². The molecule has 0 amide bonds. The molecular formula is C10H7F4N3O. The predicted molar refractivity (Wildman–Crippen MR) is 52.6 cm³/mol. The first kappa shape index (κ1) is 12.3. The Balaban J connectivity index is 2.24. The van der Waals surface area contributed by atoms with Crippen molar-refractivity contribution in [3.8, 4) is 0 Å². The Hall–Kier alpha value is -2.12. The maximum absolute atomic E-state index is 13.2. The van der Waals surface area contributed by atoms with Crippen molar-refractivity contribution in [2.75, 3.05) is 5.32 Å². The third kappa shape index (κ3) is 2.27. The van der Waals surface area contributed by atoms with Crippen molar-refractivity contribution < 1.29 is 22.0 Å². The van der Waals surface area contributed by atoms with Crippen LogP contribution < -0.4 is 5.32 Å². The van der Waals surface area contributed by atoms with Gasteiger partial charge in [0.1, 0.15) is 5.69 Å². The van der Waals surface area contributed by atoms with Crippen molar-refractivity contribution >= 4 is 5.69 Å². The summed E-state index contributed by atoms with van der Waals surface area (Å²) in [5, 5.41) is 9.21. The highest BCUT2D eigenvalue weighted by Crippen LogP contribution is 2.24. The zero-order chi connectivity index (χ0) is 13.3. The minimum absolute atomic E-state index is 0.0379. The number of rotatable bonds is 3. The van der Waals surface area contributed by atoms with E-state index in [2.05, 4.69) is 15.5 Å². The zero-order valence-corrected chi connectivity index (χ0v) is 9.10. The van der Waals surface area contributed by atoms with Crippen LogP contribution in [0.5, 0.6) is 0 Å². The molecule has 1 aromatic carbocycles. The first-order valence-electron chi connectivity index (χ1n) is 4.85. The Kier molecular flexibility index (Phi) is 3.17. The molecule has 1 N–H and O–H groups in total. The maximum atomic E-state index is 13.2. The molecule has 0 spiro atoms. The summed E-state index contributed by atoms with van der Waals surface area (Å²) >= 11 is 0. The molecule has 0 bridgehead atoms. The number of halogens is 4. The minimum atomic E-state index is -1.51. The van der Waals surface area contributed by atoms with Gasteiger partial charge in [0, 0.05) is 13.0 Å². The molecule has 0 aliphatic heterocycles. The van der Waals surface area contributed by atoms with E-state index >= 15 is 0 Å². The molecule has 8 heteroatoms. The SMILES string of the molecule is Cc1nnc(CNc2c(F)c(F)cc(F)c2F)o1. The van der Waals surface area contributed by atoms with Crippen LogP contribution in [-0.2, 0) is 6.54 Å². The Labute approximate surface area is 98.6 Å². The second-order valence-electron chi connectivity index (χ2n) is 3.41. The molecule has 0 atom stereocenters. The number of aryl methyl sites for hydroxylation is 1. The Morgan fingerprint density at radius 1 is 1.11 bits per heavy atom. The summed E-state index contributed by atoms with van der Waals surface area (Å²) in [6.07, 6.45) is 0. The quantitative estimate of drug-likeness (QED) is 0.681. The number of nitrogens with one attached hydrogen (secondary N) is 1. The Morgan fingerprint density at radius 3 is 2.22 bits per heavy atom. The Morgan fingerprint density at radius 2 is 1.72 bits per heavy atom. The van der Waals surface area contributed by atoms with Crippen LogP contribution in [0.1, 0.15) is 11.8 Å². The molecular weight excluding hydrogens is 254 g/mol. The highest BCUT2D eigenvalue weighted by Gasteiger charge is 2.19. The van der Waals surface area contributed by atoms with E-state index in [0.29, 0.717) is 0 Å². The third-order valence-electron chi connectivity index (χ3n) is 2.10. The molecule has 2 aromatic rings. The average molecular weight is 261 g/mol. The summed E-state index contributed by atoms with van der Waals surface area (Å²) in [6.45, 7) is 1.27. The summed E-state index contributed by atoms with van der Waals surface area (Å²) in [6, 6.07) is 0.132. The van der Waals surface area contributed by atoms with Gasteiger partial charge in [-0.3, -0.25) is 0 Å². The van der Waals surface area contributed by atoms with E-state index in [-0.39, 0.29) is 24.4 Å². The van der Waals surface area contributed by atoms with Crippen molar-refractivity contribution in [1.82, 2.24) is 10.2 Å². The molecule has 0 fully saturated rings. The standard InChI is InChI=1S/C10H7F4N3O/c1-4-16-17-7(18-4)3-15-10-8(13)5(11)2-6(12)9(10)14/h2,15H,3H2,1H3. The summed E-state index contributed by atoms with van der Waals surface area (Å²) < 4.78 is 57.2. The lowest BCUT2D eigenvalue weighted by Crippen LogP contribution is -2.07. The molecule has 1 aromatic heterocycles. The molecule has 0 saturated heterocycles. The second-order valence-corrected chi connectivity index (χ2v) is 3.41. The van der Waals surface area contributed by atoms with Crippen LogP contribution in [0.4, 0.5) is 23.2 Å². The maximum Gasteiger partial charge on any atom is 0.235 e. The number of benzene rings is 1. The summed E-state index contributed by atoms with van der Waals surface area (Å²) in [4.78, 5) is 0. The van der Waals surface area contributed by atoms with Gasteiger partial charge in [0.2, 0.25) is 11.8 Å². The largest absolute Gasteiger partial charge is 0.424 e. The molecule has 0 saturated carbocycles. The number of hydrogen-bond acceptors (Lipinski definition) is 4. The zero-order valence-electron chi connectivity index (χ0n) is 9.10. The van der Waals surface area contributed by atoms with E-state index in [1.54, 1.807) is 0 Å². The van der Waals surface area contributed by atoms with Crippen molar-refractivity contribution in [1.29, 1.82) is 0 Å². The van der Waals surface area contributed by atoms with Crippen LogP contribution in [0.25, 0.3) is 0 Å². The summed E-state index contributed by atoms with van der Waals surface area (Å²) in [7, 11) is 0. The monoisotopic (exact) mass is 261 g/mol. The van der Waals surface area contributed by atoms with Crippen LogP contribution in [0.3, 0.4) is 0 Å². The van der Waals surface area contributed by atoms with E-state index in [9.17, 15) is 17.6 Å². The summed E-state index contributed by atoms with van der Waals surface area (Å²) in [5.41, 5.74) is -0.914. The number of nitrogens with zero attached hydrogens (tertiary/aromatic N) is 2. The number of aromatic nitrogens is 2. The van der Waals surface area contributed by atoms with Gasteiger partial charge in [-0.2, -0.15) is 0 Å². The first-order chi connectivity index (χ1) is 8.49. The second kappa shape index (κ2) is 4.63. The smallest absolute Gasteiger partial charge is 0.235 e. The molecule has 0 aliphatic rings. The average Bonchev–Trinajstić information content (AvgIpc) is 2.73. The van der Waals surface area contributed by atoms with Crippen LogP contribution in [0, 0.1) is 30.2 Å². The molecule has 1 heterocycles. The lowest BCUT2D eigenvalue weighted by molar-refractivity contribution is 0.453. The van der Waals surface area contributed by atoms with Gasteiger partial charge < -0.3 is 9.73 Å². The third-order valence-corrected chi connectivity index (χ3v) is 2.10. The normalized spacial score (nSPS) is 10.7. The van der Waals surface area contributed by atoms with Crippen molar-refractivity contribution in [3.05, 3.63) is 41.1 Å². The van der Waals surface area contributed by atoms with Crippen LogP contribution in [-0.4, -0.2) is 10.2 Å². The molecule has 0 unspecified atom stereocenters. The van der Waals surface area contributed by atoms with E-state index < -0.39 is 29.0 Å². The van der Waals surface area contributed by atoms with Crippen molar-refractivity contribution in [2.45, 2.75) is 13.5 Å². The van der Waals surface area contributed by atoms with Gasteiger partial charge >= 0.3 is 0 Å². The molecule has 0 radical (unpaired) electrons.